The van der Waals surface area contributed by atoms with E-state index in [4.69, 9.17) is 4.74 Å². The number of carbonyl (C=O) groups is 3. The second kappa shape index (κ2) is 4.59. The first-order valence-corrected chi connectivity index (χ1v) is 6.19. The number of hydrogen-bond donors (Lipinski definition) is 0. The van der Waals surface area contributed by atoms with E-state index in [2.05, 4.69) is 0 Å². The third kappa shape index (κ3) is 2.01. The van der Waals surface area contributed by atoms with Gasteiger partial charge in [0.25, 0.3) is 0 Å². The number of fused-ring (bicyclic) bond motifs is 1. The summed E-state index contributed by atoms with van der Waals surface area (Å²) < 4.78 is 4.76. The molecule has 4 heteroatoms. The van der Waals surface area contributed by atoms with Gasteiger partial charge in [-0.05, 0) is 18.8 Å². The van der Waals surface area contributed by atoms with Crippen molar-refractivity contribution in [2.75, 3.05) is 7.11 Å². The van der Waals surface area contributed by atoms with Gasteiger partial charge in [-0.15, -0.1) is 0 Å². The zero-order valence-electron chi connectivity index (χ0n) is 10.3. The summed E-state index contributed by atoms with van der Waals surface area (Å²) in [6.07, 6.45) is 2.12. The van der Waals surface area contributed by atoms with E-state index < -0.39 is 11.8 Å². The van der Waals surface area contributed by atoms with Gasteiger partial charge in [-0.1, -0.05) is 6.92 Å². The van der Waals surface area contributed by atoms with Crippen molar-refractivity contribution >= 4 is 17.5 Å². The molecule has 2 aliphatic rings. The van der Waals surface area contributed by atoms with E-state index in [0.29, 0.717) is 19.3 Å². The van der Waals surface area contributed by atoms with Crippen LogP contribution in [0.3, 0.4) is 0 Å². The number of ketones is 2. The average molecular weight is 238 g/mol. The predicted molar refractivity (Wildman–Crippen MR) is 60.1 cm³/mol. The fraction of sp³-hybridized carbons (Fsp3) is 0.769. The summed E-state index contributed by atoms with van der Waals surface area (Å²) in [5, 5.41) is 0. The molecule has 2 rings (SSSR count). The Morgan fingerprint density at radius 2 is 1.71 bits per heavy atom. The highest BCUT2D eigenvalue weighted by atomic mass is 16.5. The highest BCUT2D eigenvalue weighted by molar-refractivity contribution is 5.99. The Morgan fingerprint density at radius 1 is 1.12 bits per heavy atom. The molecular formula is C13H18O4. The van der Waals surface area contributed by atoms with E-state index >= 15 is 0 Å². The molecule has 94 valence electrons. The van der Waals surface area contributed by atoms with Gasteiger partial charge >= 0.3 is 5.97 Å². The molecule has 0 aromatic rings. The summed E-state index contributed by atoms with van der Waals surface area (Å²) in [5.41, 5.74) is 0. The van der Waals surface area contributed by atoms with Gasteiger partial charge in [0, 0.05) is 24.7 Å². The lowest BCUT2D eigenvalue weighted by Crippen LogP contribution is -2.48. The van der Waals surface area contributed by atoms with Crippen molar-refractivity contribution in [2.45, 2.75) is 32.6 Å². The first-order valence-electron chi connectivity index (χ1n) is 6.19. The zero-order valence-corrected chi connectivity index (χ0v) is 10.3. The molecule has 0 spiro atoms. The molecule has 0 heterocycles. The van der Waals surface area contributed by atoms with Crippen LogP contribution in [0.25, 0.3) is 0 Å². The molecule has 0 radical (unpaired) electrons. The molecule has 0 saturated heterocycles. The number of esters is 1. The van der Waals surface area contributed by atoms with Crippen molar-refractivity contribution in [1.29, 1.82) is 0 Å². The van der Waals surface area contributed by atoms with E-state index in [0.717, 1.165) is 6.42 Å². The number of carbonyl (C=O) groups excluding carboxylic acids is 3. The van der Waals surface area contributed by atoms with Crippen LogP contribution in [0, 0.1) is 23.7 Å². The van der Waals surface area contributed by atoms with Gasteiger partial charge in [-0.3, -0.25) is 14.4 Å². The van der Waals surface area contributed by atoms with E-state index in [1.54, 1.807) is 0 Å². The summed E-state index contributed by atoms with van der Waals surface area (Å²) in [7, 11) is 1.34. The van der Waals surface area contributed by atoms with Crippen LogP contribution in [0.2, 0.25) is 0 Å². The third-order valence-electron chi connectivity index (χ3n) is 4.23. The number of rotatable bonds is 1. The van der Waals surface area contributed by atoms with Gasteiger partial charge < -0.3 is 4.74 Å². The van der Waals surface area contributed by atoms with E-state index in [1.807, 2.05) is 6.92 Å². The Bertz CT molecular complexity index is 360. The van der Waals surface area contributed by atoms with Crippen LogP contribution >= 0.6 is 0 Å². The lowest BCUT2D eigenvalue weighted by Gasteiger charge is -2.41. The highest BCUT2D eigenvalue weighted by Gasteiger charge is 2.49. The zero-order chi connectivity index (χ0) is 12.6. The van der Waals surface area contributed by atoms with Crippen molar-refractivity contribution < 1.29 is 19.1 Å². The van der Waals surface area contributed by atoms with Crippen molar-refractivity contribution in [2.24, 2.45) is 23.7 Å². The van der Waals surface area contributed by atoms with Gasteiger partial charge in [0.05, 0.1) is 13.0 Å². The minimum atomic E-state index is -0.424. The molecule has 0 bridgehead atoms. The molecule has 2 saturated carbocycles. The van der Waals surface area contributed by atoms with Crippen LogP contribution in [0.15, 0.2) is 0 Å². The third-order valence-corrected chi connectivity index (χ3v) is 4.23. The van der Waals surface area contributed by atoms with Crippen LogP contribution in [-0.2, 0) is 19.1 Å². The predicted octanol–water partition coefficient (Wildman–Crippen LogP) is 1.37. The Morgan fingerprint density at radius 3 is 2.29 bits per heavy atom. The molecule has 0 amide bonds. The molecule has 0 N–H and O–H groups in total. The maximum Gasteiger partial charge on any atom is 0.309 e. The van der Waals surface area contributed by atoms with Crippen LogP contribution in [0.4, 0.5) is 0 Å². The van der Waals surface area contributed by atoms with E-state index in [9.17, 15) is 14.4 Å². The number of hydrogen-bond acceptors (Lipinski definition) is 4. The topological polar surface area (TPSA) is 60.4 Å². The Labute approximate surface area is 101 Å². The molecule has 0 unspecified atom stereocenters. The summed E-state index contributed by atoms with van der Waals surface area (Å²) in [6, 6.07) is 0. The van der Waals surface area contributed by atoms with Crippen molar-refractivity contribution in [1.82, 2.24) is 0 Å². The maximum atomic E-state index is 12.0. The molecule has 2 fully saturated rings. The Balaban J connectivity index is 2.30. The lowest BCUT2D eigenvalue weighted by atomic mass is 9.60. The molecular weight excluding hydrogens is 220 g/mol. The number of methoxy groups -OCH3 is 1. The second-order valence-electron chi connectivity index (χ2n) is 5.17. The quantitative estimate of drug-likeness (QED) is 0.647. The molecule has 0 aromatic carbocycles. The summed E-state index contributed by atoms with van der Waals surface area (Å²) in [4.78, 5) is 35.6. The molecule has 4 nitrogen and oxygen atoms in total. The number of Topliss-reactive ketones (excluding diaryl/α,β-unsaturated/α-hetero) is 2. The minimum Gasteiger partial charge on any atom is -0.469 e. The van der Waals surface area contributed by atoms with Crippen LogP contribution < -0.4 is 0 Å². The fourth-order valence-electron chi connectivity index (χ4n) is 3.34. The minimum absolute atomic E-state index is 0.0663. The molecule has 17 heavy (non-hydrogen) atoms. The van der Waals surface area contributed by atoms with Gasteiger partial charge in [-0.2, -0.15) is 0 Å². The van der Waals surface area contributed by atoms with Crippen LogP contribution in [0.5, 0.6) is 0 Å². The Kier molecular flexibility index (Phi) is 3.31. The van der Waals surface area contributed by atoms with Crippen molar-refractivity contribution in [3.8, 4) is 0 Å². The molecule has 2 aliphatic carbocycles. The smallest absolute Gasteiger partial charge is 0.309 e. The Hall–Kier alpha value is -1.19. The van der Waals surface area contributed by atoms with Gasteiger partial charge in [-0.25, -0.2) is 0 Å². The SMILES string of the molecule is COC(=O)[C@@H]1CC[C@H](C)[C@@H]2C(=O)CCC(=O)[C@@H]21. The van der Waals surface area contributed by atoms with Gasteiger partial charge in [0.2, 0.25) is 0 Å². The largest absolute Gasteiger partial charge is 0.469 e. The summed E-state index contributed by atoms with van der Waals surface area (Å²) in [6.45, 7) is 2.00. The molecule has 4 atom stereocenters. The molecule has 0 aliphatic heterocycles. The van der Waals surface area contributed by atoms with Gasteiger partial charge in [0.15, 0.2) is 0 Å². The summed E-state index contributed by atoms with van der Waals surface area (Å²) >= 11 is 0. The number of ether oxygens (including phenoxy) is 1. The van der Waals surface area contributed by atoms with Crippen LogP contribution in [-0.4, -0.2) is 24.6 Å². The average Bonchev–Trinajstić information content (AvgIpc) is 2.33. The van der Waals surface area contributed by atoms with Gasteiger partial charge in [0.1, 0.15) is 11.6 Å². The standard InChI is InChI=1S/C13H18O4/c1-7-3-4-8(13(16)17-2)12-10(15)6-5-9(14)11(7)12/h7-8,11-12H,3-6H2,1-2H3/t7-,8+,11+,12-/m0/s1. The first kappa shape index (κ1) is 12.3. The van der Waals surface area contributed by atoms with Crippen molar-refractivity contribution in [3.05, 3.63) is 0 Å². The second-order valence-corrected chi connectivity index (χ2v) is 5.17. The van der Waals surface area contributed by atoms with E-state index in [1.165, 1.54) is 7.11 Å². The van der Waals surface area contributed by atoms with E-state index in [-0.39, 0.29) is 29.4 Å². The maximum absolute atomic E-state index is 12.0. The monoisotopic (exact) mass is 238 g/mol. The first-order chi connectivity index (χ1) is 8.06. The molecule has 0 aromatic heterocycles. The van der Waals surface area contributed by atoms with Crippen molar-refractivity contribution in [3.63, 3.8) is 0 Å². The fourth-order valence-corrected chi connectivity index (χ4v) is 3.34. The summed E-state index contributed by atoms with van der Waals surface area (Å²) in [5.74, 6) is -1.00. The highest BCUT2D eigenvalue weighted by Crippen LogP contribution is 2.43. The lowest BCUT2D eigenvalue weighted by molar-refractivity contribution is -0.158. The normalized spacial score (nSPS) is 37.5. The van der Waals surface area contributed by atoms with Crippen LogP contribution in [0.1, 0.15) is 32.6 Å².